The van der Waals surface area contributed by atoms with E-state index in [0.29, 0.717) is 32.4 Å². The Morgan fingerprint density at radius 1 is 1.33 bits per heavy atom. The smallest absolute Gasteiger partial charge is 0.235 e. The lowest BCUT2D eigenvalue weighted by Crippen LogP contribution is -2.41. The van der Waals surface area contributed by atoms with E-state index in [2.05, 4.69) is 5.32 Å². The summed E-state index contributed by atoms with van der Waals surface area (Å²) in [5, 5.41) is 2.44. The first kappa shape index (κ1) is 17.3. The normalized spacial score (nSPS) is 11.8. The first-order valence-corrected chi connectivity index (χ1v) is 7.76. The number of likely N-dealkylation sites (N-methyl/N-ethyl adjacent to an activating group) is 1. The van der Waals surface area contributed by atoms with Crippen LogP contribution in [0.1, 0.15) is 26.2 Å². The molecule has 0 unspecified atom stereocenters. The molecule has 0 bridgehead atoms. The molecule has 7 heteroatoms. The maximum Gasteiger partial charge on any atom is 0.235 e. The number of rotatable bonds is 10. The van der Waals surface area contributed by atoms with Crippen molar-refractivity contribution in [1.29, 1.82) is 0 Å². The standard InChI is InChI=1S/C11H24N2O4S/c1-4-7-13(10-11(14)12-2)18(15,16)9-6-5-8-17-3/h4-10H2,1-3H3,(H,12,14). The fraction of sp³-hybridized carbons (Fsp3) is 0.909. The molecule has 0 saturated heterocycles. The highest BCUT2D eigenvalue weighted by atomic mass is 32.2. The number of methoxy groups -OCH3 is 1. The zero-order valence-electron chi connectivity index (χ0n) is 11.4. The molecular weight excluding hydrogens is 256 g/mol. The van der Waals surface area contributed by atoms with Crippen molar-refractivity contribution in [3.05, 3.63) is 0 Å². The Morgan fingerprint density at radius 2 is 2.00 bits per heavy atom. The molecule has 0 aromatic heterocycles. The van der Waals surface area contributed by atoms with Gasteiger partial charge in [0.1, 0.15) is 0 Å². The molecule has 18 heavy (non-hydrogen) atoms. The van der Waals surface area contributed by atoms with Crippen LogP contribution in [0.15, 0.2) is 0 Å². The third-order valence-corrected chi connectivity index (χ3v) is 4.37. The monoisotopic (exact) mass is 280 g/mol. The molecule has 1 amide bonds. The lowest BCUT2D eigenvalue weighted by molar-refractivity contribution is -0.120. The number of hydrogen-bond acceptors (Lipinski definition) is 4. The fourth-order valence-electron chi connectivity index (χ4n) is 1.47. The number of nitrogens with one attached hydrogen (secondary N) is 1. The van der Waals surface area contributed by atoms with Gasteiger partial charge in [-0.1, -0.05) is 6.92 Å². The summed E-state index contributed by atoms with van der Waals surface area (Å²) in [6.07, 6.45) is 1.94. The van der Waals surface area contributed by atoms with E-state index in [1.165, 1.54) is 11.4 Å². The molecule has 0 heterocycles. The first-order chi connectivity index (χ1) is 8.47. The molecule has 0 fully saturated rings. The van der Waals surface area contributed by atoms with E-state index in [4.69, 9.17) is 4.74 Å². The molecule has 6 nitrogen and oxygen atoms in total. The summed E-state index contributed by atoms with van der Waals surface area (Å²) in [4.78, 5) is 11.3. The van der Waals surface area contributed by atoms with Crippen LogP contribution in [0, 0.1) is 0 Å². The van der Waals surface area contributed by atoms with E-state index in [9.17, 15) is 13.2 Å². The van der Waals surface area contributed by atoms with Crippen LogP contribution in [0.4, 0.5) is 0 Å². The molecule has 1 N–H and O–H groups in total. The third kappa shape index (κ3) is 6.93. The van der Waals surface area contributed by atoms with Gasteiger partial charge in [-0.2, -0.15) is 4.31 Å². The van der Waals surface area contributed by atoms with E-state index >= 15 is 0 Å². The predicted molar refractivity (Wildman–Crippen MR) is 70.8 cm³/mol. The molecule has 0 atom stereocenters. The van der Waals surface area contributed by atoms with Gasteiger partial charge < -0.3 is 10.1 Å². The summed E-state index contributed by atoms with van der Waals surface area (Å²) >= 11 is 0. The highest BCUT2D eigenvalue weighted by Crippen LogP contribution is 2.06. The van der Waals surface area contributed by atoms with Crippen molar-refractivity contribution in [3.8, 4) is 0 Å². The van der Waals surface area contributed by atoms with E-state index in [-0.39, 0.29) is 18.2 Å². The van der Waals surface area contributed by atoms with Crippen LogP contribution in [0.25, 0.3) is 0 Å². The predicted octanol–water partition coefficient (Wildman–Crippen LogP) is 0.201. The van der Waals surface area contributed by atoms with Crippen molar-refractivity contribution in [3.63, 3.8) is 0 Å². The topological polar surface area (TPSA) is 75.7 Å². The average molecular weight is 280 g/mol. The Kier molecular flexibility index (Phi) is 8.95. The van der Waals surface area contributed by atoms with Crippen LogP contribution in [0.5, 0.6) is 0 Å². The summed E-state index contributed by atoms with van der Waals surface area (Å²) < 4.78 is 30.2. The van der Waals surface area contributed by atoms with Gasteiger partial charge in [0.15, 0.2) is 0 Å². The van der Waals surface area contributed by atoms with E-state index < -0.39 is 10.0 Å². The quantitative estimate of drug-likeness (QED) is 0.580. The zero-order valence-corrected chi connectivity index (χ0v) is 12.3. The fourth-order valence-corrected chi connectivity index (χ4v) is 3.07. The van der Waals surface area contributed by atoms with Gasteiger partial charge >= 0.3 is 0 Å². The summed E-state index contributed by atoms with van der Waals surface area (Å²) in [6, 6.07) is 0. The van der Waals surface area contributed by atoms with Gasteiger partial charge in [-0.25, -0.2) is 8.42 Å². The average Bonchev–Trinajstić information content (AvgIpc) is 2.34. The number of ether oxygens (including phenoxy) is 1. The molecule has 0 radical (unpaired) electrons. The molecule has 108 valence electrons. The molecule has 0 aromatic rings. The minimum Gasteiger partial charge on any atom is -0.385 e. The molecule has 0 saturated carbocycles. The highest BCUT2D eigenvalue weighted by Gasteiger charge is 2.22. The van der Waals surface area contributed by atoms with Crippen LogP contribution in [-0.4, -0.2) is 58.2 Å². The van der Waals surface area contributed by atoms with Crippen LogP contribution in [0.3, 0.4) is 0 Å². The van der Waals surface area contributed by atoms with Crippen molar-refractivity contribution in [2.45, 2.75) is 26.2 Å². The van der Waals surface area contributed by atoms with Crippen molar-refractivity contribution >= 4 is 15.9 Å². The van der Waals surface area contributed by atoms with Crippen molar-refractivity contribution in [1.82, 2.24) is 9.62 Å². The van der Waals surface area contributed by atoms with E-state index in [1.54, 1.807) is 7.11 Å². The summed E-state index contributed by atoms with van der Waals surface area (Å²) in [5.41, 5.74) is 0. The van der Waals surface area contributed by atoms with Crippen molar-refractivity contribution < 1.29 is 17.9 Å². The Bertz CT molecular complexity index is 330. The number of hydrogen-bond donors (Lipinski definition) is 1. The molecule has 0 rings (SSSR count). The summed E-state index contributed by atoms with van der Waals surface area (Å²) in [5.74, 6) is -0.225. The molecule has 0 spiro atoms. The number of nitrogens with zero attached hydrogens (tertiary/aromatic N) is 1. The number of unbranched alkanes of at least 4 members (excludes halogenated alkanes) is 1. The largest absolute Gasteiger partial charge is 0.385 e. The third-order valence-electron chi connectivity index (χ3n) is 2.47. The van der Waals surface area contributed by atoms with Crippen LogP contribution in [0.2, 0.25) is 0 Å². The van der Waals surface area contributed by atoms with Crippen molar-refractivity contribution in [2.75, 3.05) is 39.6 Å². The second kappa shape index (κ2) is 9.29. The maximum atomic E-state index is 12.0. The number of carbonyl (C=O) groups excluding carboxylic acids is 1. The van der Waals surface area contributed by atoms with E-state index in [1.807, 2.05) is 6.92 Å². The zero-order chi connectivity index (χ0) is 14.0. The molecule has 0 aromatic carbocycles. The Hall–Kier alpha value is -0.660. The van der Waals surface area contributed by atoms with E-state index in [0.717, 1.165) is 0 Å². The SMILES string of the molecule is CCCN(CC(=O)NC)S(=O)(=O)CCCCOC. The van der Waals surface area contributed by atoms with Gasteiger partial charge in [0.2, 0.25) is 15.9 Å². The van der Waals surface area contributed by atoms with Crippen molar-refractivity contribution in [2.24, 2.45) is 0 Å². The molecular formula is C11H24N2O4S. The summed E-state index contributed by atoms with van der Waals surface area (Å²) in [7, 11) is -0.269. The summed E-state index contributed by atoms with van der Waals surface area (Å²) in [6.45, 7) is 2.72. The molecule has 0 aliphatic heterocycles. The van der Waals surface area contributed by atoms with Gasteiger partial charge in [-0.05, 0) is 19.3 Å². The number of carbonyl (C=O) groups is 1. The lowest BCUT2D eigenvalue weighted by Gasteiger charge is -2.20. The van der Waals surface area contributed by atoms with Gasteiger partial charge in [0.05, 0.1) is 12.3 Å². The second-order valence-electron chi connectivity index (χ2n) is 4.02. The van der Waals surface area contributed by atoms with Gasteiger partial charge in [-0.3, -0.25) is 4.79 Å². The minimum atomic E-state index is -3.35. The Balaban J connectivity index is 4.41. The lowest BCUT2D eigenvalue weighted by atomic mass is 10.4. The number of sulfonamides is 1. The Morgan fingerprint density at radius 3 is 2.50 bits per heavy atom. The highest BCUT2D eigenvalue weighted by molar-refractivity contribution is 7.89. The van der Waals surface area contributed by atoms with Gasteiger partial charge in [0, 0.05) is 27.3 Å². The molecule has 0 aliphatic rings. The number of amides is 1. The van der Waals surface area contributed by atoms with Gasteiger partial charge in [-0.15, -0.1) is 0 Å². The first-order valence-electron chi connectivity index (χ1n) is 6.15. The molecule has 0 aliphatic carbocycles. The Labute approximate surface area is 110 Å². The maximum absolute atomic E-state index is 12.0. The van der Waals surface area contributed by atoms with Crippen LogP contribution >= 0.6 is 0 Å². The van der Waals surface area contributed by atoms with Crippen LogP contribution in [-0.2, 0) is 19.6 Å². The second-order valence-corrected chi connectivity index (χ2v) is 6.11. The minimum absolute atomic E-state index is 0.0629. The van der Waals surface area contributed by atoms with Gasteiger partial charge in [0.25, 0.3) is 0 Å². The van der Waals surface area contributed by atoms with Crippen LogP contribution < -0.4 is 5.32 Å².